The number of anilines is 1. The first-order chi connectivity index (χ1) is 9.95. The molecule has 8 heteroatoms. The zero-order chi connectivity index (χ0) is 15.0. The van der Waals surface area contributed by atoms with Crippen LogP contribution in [0, 0.1) is 0 Å². The summed E-state index contributed by atoms with van der Waals surface area (Å²) < 4.78 is 26.9. The van der Waals surface area contributed by atoms with Crippen molar-refractivity contribution in [3.8, 4) is 0 Å². The third-order valence-corrected chi connectivity index (χ3v) is 4.90. The van der Waals surface area contributed by atoms with Crippen molar-refractivity contribution in [1.82, 2.24) is 9.97 Å². The van der Waals surface area contributed by atoms with E-state index < -0.39 is 10.0 Å². The number of hydrogen-bond donors (Lipinski definition) is 2. The fraction of sp³-hybridized carbons (Fsp3) is 0. The van der Waals surface area contributed by atoms with Gasteiger partial charge in [-0.15, -0.1) is 0 Å². The highest BCUT2D eigenvalue weighted by Crippen LogP contribution is 2.26. The molecule has 1 heterocycles. The van der Waals surface area contributed by atoms with Crippen LogP contribution in [0.2, 0.25) is 10.0 Å². The van der Waals surface area contributed by atoms with Gasteiger partial charge in [-0.25, -0.2) is 18.1 Å². The molecule has 0 aliphatic rings. The maximum absolute atomic E-state index is 12.3. The van der Waals surface area contributed by atoms with Crippen LogP contribution in [0.1, 0.15) is 0 Å². The third kappa shape index (κ3) is 2.83. The van der Waals surface area contributed by atoms with E-state index in [1.807, 2.05) is 12.1 Å². The fourth-order valence-electron chi connectivity index (χ4n) is 1.83. The van der Waals surface area contributed by atoms with Crippen molar-refractivity contribution in [2.24, 2.45) is 0 Å². The van der Waals surface area contributed by atoms with Gasteiger partial charge in [-0.3, -0.25) is 0 Å². The number of nitrogens with zero attached hydrogens (tertiary/aromatic N) is 1. The molecule has 3 aromatic rings. The van der Waals surface area contributed by atoms with Gasteiger partial charge in [0.25, 0.3) is 10.0 Å². The first-order valence-corrected chi connectivity index (χ1v) is 8.12. The number of halogens is 2. The zero-order valence-electron chi connectivity index (χ0n) is 10.5. The van der Waals surface area contributed by atoms with Gasteiger partial charge >= 0.3 is 0 Å². The highest BCUT2D eigenvalue weighted by atomic mass is 35.5. The van der Waals surface area contributed by atoms with Crippen molar-refractivity contribution in [1.29, 1.82) is 0 Å². The van der Waals surface area contributed by atoms with E-state index in [1.54, 1.807) is 12.1 Å². The number of fused-ring (bicyclic) bond motifs is 1. The van der Waals surface area contributed by atoms with Gasteiger partial charge in [0.1, 0.15) is 0 Å². The second kappa shape index (κ2) is 5.22. The van der Waals surface area contributed by atoms with Gasteiger partial charge in [0.05, 0.1) is 26.0 Å². The maximum atomic E-state index is 12.3. The van der Waals surface area contributed by atoms with Gasteiger partial charge in [-0.1, -0.05) is 35.3 Å². The summed E-state index contributed by atoms with van der Waals surface area (Å²) in [6.07, 6.45) is 0. The highest BCUT2D eigenvalue weighted by molar-refractivity contribution is 7.92. The molecule has 0 saturated carbocycles. The van der Waals surface area contributed by atoms with Crippen molar-refractivity contribution < 1.29 is 8.42 Å². The molecule has 0 saturated heterocycles. The SMILES string of the molecule is O=S(=O)(Nc1nc2ccccc2[nH]1)c1ccc(Cl)c(Cl)c1. The van der Waals surface area contributed by atoms with Crippen molar-refractivity contribution in [2.45, 2.75) is 4.90 Å². The molecule has 0 aliphatic carbocycles. The van der Waals surface area contributed by atoms with Crippen LogP contribution < -0.4 is 4.72 Å². The molecule has 0 atom stereocenters. The van der Waals surface area contributed by atoms with Crippen LogP contribution in [0.4, 0.5) is 5.95 Å². The standard InChI is InChI=1S/C13H9Cl2N3O2S/c14-9-6-5-8(7-10(9)15)21(19,20)18-13-16-11-3-1-2-4-12(11)17-13/h1-7H,(H2,16,17,18). The molecule has 21 heavy (non-hydrogen) atoms. The normalized spacial score (nSPS) is 11.7. The van der Waals surface area contributed by atoms with Crippen molar-refractivity contribution in [3.63, 3.8) is 0 Å². The summed E-state index contributed by atoms with van der Waals surface area (Å²) >= 11 is 11.6. The van der Waals surface area contributed by atoms with Crippen LogP contribution in [0.15, 0.2) is 47.4 Å². The molecule has 2 N–H and O–H groups in total. The molecule has 0 spiro atoms. The first kappa shape index (κ1) is 14.2. The summed E-state index contributed by atoms with van der Waals surface area (Å²) in [5.41, 5.74) is 1.41. The van der Waals surface area contributed by atoms with Gasteiger partial charge in [-0.2, -0.15) is 0 Å². The number of imidazole rings is 1. The molecule has 2 aromatic carbocycles. The summed E-state index contributed by atoms with van der Waals surface area (Å²) in [5.74, 6) is 0.141. The van der Waals surface area contributed by atoms with E-state index in [1.165, 1.54) is 18.2 Å². The second-order valence-corrected chi connectivity index (χ2v) is 6.78. The number of aromatic amines is 1. The molecule has 0 bridgehead atoms. The lowest BCUT2D eigenvalue weighted by Gasteiger charge is -2.06. The van der Waals surface area contributed by atoms with E-state index >= 15 is 0 Å². The number of hydrogen-bond acceptors (Lipinski definition) is 3. The molecule has 0 amide bonds. The smallest absolute Gasteiger partial charge is 0.264 e. The summed E-state index contributed by atoms with van der Waals surface area (Å²) in [6, 6.07) is 11.3. The summed E-state index contributed by atoms with van der Waals surface area (Å²) in [7, 11) is -3.79. The fourth-order valence-corrected chi connectivity index (χ4v) is 3.18. The van der Waals surface area contributed by atoms with E-state index in [0.717, 1.165) is 5.52 Å². The molecule has 5 nitrogen and oxygen atoms in total. The van der Waals surface area contributed by atoms with E-state index in [-0.39, 0.29) is 15.9 Å². The highest BCUT2D eigenvalue weighted by Gasteiger charge is 2.17. The van der Waals surface area contributed by atoms with Crippen LogP contribution in [0.5, 0.6) is 0 Å². The monoisotopic (exact) mass is 341 g/mol. The summed E-state index contributed by atoms with van der Waals surface area (Å²) in [5, 5.41) is 0.462. The molecular formula is C13H9Cl2N3O2S. The average molecular weight is 342 g/mol. The predicted molar refractivity (Wildman–Crippen MR) is 83.4 cm³/mol. The number of H-pyrrole nitrogens is 1. The Balaban J connectivity index is 1.96. The maximum Gasteiger partial charge on any atom is 0.264 e. The average Bonchev–Trinajstić information content (AvgIpc) is 2.82. The van der Waals surface area contributed by atoms with Crippen LogP contribution in [-0.2, 0) is 10.0 Å². The number of rotatable bonds is 3. The molecular weight excluding hydrogens is 333 g/mol. The minimum absolute atomic E-state index is 0.0114. The molecule has 1 aromatic heterocycles. The van der Waals surface area contributed by atoms with Crippen molar-refractivity contribution >= 4 is 50.2 Å². The Kier molecular flexibility index (Phi) is 3.52. The molecule has 0 aliphatic heterocycles. The second-order valence-electron chi connectivity index (χ2n) is 4.28. The van der Waals surface area contributed by atoms with Gasteiger partial charge in [-0.05, 0) is 30.3 Å². The Bertz CT molecular complexity index is 889. The quantitative estimate of drug-likeness (QED) is 0.763. The minimum Gasteiger partial charge on any atom is -0.323 e. The number of benzene rings is 2. The lowest BCUT2D eigenvalue weighted by molar-refractivity contribution is 0.601. The first-order valence-electron chi connectivity index (χ1n) is 5.88. The number of sulfonamides is 1. The van der Waals surface area contributed by atoms with E-state index in [0.29, 0.717) is 10.5 Å². The summed E-state index contributed by atoms with van der Waals surface area (Å²) in [6.45, 7) is 0. The van der Waals surface area contributed by atoms with Gasteiger partial charge in [0.2, 0.25) is 5.95 Å². The lowest BCUT2D eigenvalue weighted by Crippen LogP contribution is -2.13. The van der Waals surface area contributed by atoms with Crippen LogP contribution >= 0.6 is 23.2 Å². The van der Waals surface area contributed by atoms with Gasteiger partial charge < -0.3 is 4.98 Å². The molecule has 0 radical (unpaired) electrons. The third-order valence-electron chi connectivity index (χ3n) is 2.82. The number of aromatic nitrogens is 2. The Morgan fingerprint density at radius 2 is 1.81 bits per heavy atom. The number of nitrogens with one attached hydrogen (secondary N) is 2. The van der Waals surface area contributed by atoms with E-state index in [2.05, 4.69) is 14.7 Å². The van der Waals surface area contributed by atoms with Crippen molar-refractivity contribution in [2.75, 3.05) is 4.72 Å². The predicted octanol–water partition coefficient (Wildman–Crippen LogP) is 3.67. The Morgan fingerprint density at radius 3 is 2.52 bits per heavy atom. The van der Waals surface area contributed by atoms with Gasteiger partial charge in [0, 0.05) is 0 Å². The zero-order valence-corrected chi connectivity index (χ0v) is 12.8. The largest absolute Gasteiger partial charge is 0.323 e. The van der Waals surface area contributed by atoms with E-state index in [4.69, 9.17) is 23.2 Å². The molecule has 0 unspecified atom stereocenters. The number of para-hydroxylation sites is 2. The topological polar surface area (TPSA) is 74.8 Å². The Morgan fingerprint density at radius 1 is 1.05 bits per heavy atom. The van der Waals surface area contributed by atoms with E-state index in [9.17, 15) is 8.42 Å². The Labute approximate surface area is 131 Å². The van der Waals surface area contributed by atoms with Crippen LogP contribution in [-0.4, -0.2) is 18.4 Å². The minimum atomic E-state index is -3.79. The van der Waals surface area contributed by atoms with Crippen LogP contribution in [0.25, 0.3) is 11.0 Å². The lowest BCUT2D eigenvalue weighted by atomic mass is 10.3. The van der Waals surface area contributed by atoms with Gasteiger partial charge in [0.15, 0.2) is 0 Å². The molecule has 108 valence electrons. The van der Waals surface area contributed by atoms with Crippen molar-refractivity contribution in [3.05, 3.63) is 52.5 Å². The summed E-state index contributed by atoms with van der Waals surface area (Å²) in [4.78, 5) is 7.06. The Hall–Kier alpha value is -1.76. The van der Waals surface area contributed by atoms with Crippen LogP contribution in [0.3, 0.4) is 0 Å². The molecule has 0 fully saturated rings. The molecule has 3 rings (SSSR count).